The smallest absolute Gasteiger partial charge is 0.416 e. The molecule has 2 fully saturated rings. The van der Waals surface area contributed by atoms with Crippen LogP contribution in [-0.2, 0) is 26.9 Å². The van der Waals surface area contributed by atoms with Crippen molar-refractivity contribution in [3.05, 3.63) is 47.9 Å². The van der Waals surface area contributed by atoms with Crippen LogP contribution < -0.4 is 9.80 Å². The first-order valence-corrected chi connectivity index (χ1v) is 12.7. The summed E-state index contributed by atoms with van der Waals surface area (Å²) in [5.41, 5.74) is 0.588. The zero-order valence-corrected chi connectivity index (χ0v) is 20.7. The number of alkyl halides is 3. The Kier molecular flexibility index (Phi) is 6.96. The number of halogens is 3. The van der Waals surface area contributed by atoms with Gasteiger partial charge in [-0.1, -0.05) is 0 Å². The van der Waals surface area contributed by atoms with Crippen LogP contribution in [0.15, 0.2) is 36.8 Å². The first-order chi connectivity index (χ1) is 17.8. The number of aromatic nitrogens is 2. The van der Waals surface area contributed by atoms with E-state index in [9.17, 15) is 22.8 Å². The van der Waals surface area contributed by atoms with Crippen molar-refractivity contribution in [3.8, 4) is 0 Å². The second-order valence-electron chi connectivity index (χ2n) is 9.77. The number of likely N-dealkylation sites (tertiary alicyclic amines) is 1. The second-order valence-corrected chi connectivity index (χ2v) is 9.77. The predicted octanol–water partition coefficient (Wildman–Crippen LogP) is 3.16. The third-order valence-corrected chi connectivity index (χ3v) is 7.66. The number of hydrogen-bond donors (Lipinski definition) is 0. The first kappa shape index (κ1) is 25.3. The van der Waals surface area contributed by atoms with Crippen LogP contribution in [0.4, 0.5) is 24.7 Å². The molecule has 4 heterocycles. The van der Waals surface area contributed by atoms with Gasteiger partial charge in [0.05, 0.1) is 36.2 Å². The summed E-state index contributed by atoms with van der Waals surface area (Å²) >= 11 is 0. The molecule has 3 aliphatic rings. The van der Waals surface area contributed by atoms with E-state index in [1.807, 2.05) is 0 Å². The fraction of sp³-hybridized carbons (Fsp3) is 0.538. The molecule has 1 aromatic heterocycles. The van der Waals surface area contributed by atoms with Crippen molar-refractivity contribution in [1.82, 2.24) is 14.9 Å². The van der Waals surface area contributed by atoms with E-state index in [4.69, 9.17) is 4.74 Å². The zero-order valence-electron chi connectivity index (χ0n) is 20.7. The van der Waals surface area contributed by atoms with Crippen LogP contribution in [0.5, 0.6) is 0 Å². The molecule has 2 atom stereocenters. The van der Waals surface area contributed by atoms with Crippen LogP contribution in [0.1, 0.15) is 30.9 Å². The van der Waals surface area contributed by atoms with Gasteiger partial charge in [0.1, 0.15) is 5.82 Å². The standard InChI is InChI=1S/C26H30F3N5O3/c1-2-37-25(36)17-5-9-32(10-6-17)24(35)20-14-18-13-19(26(27,28)29)3-4-21(18)34-12-11-33(16-22(20)34)23-15-30-7-8-31-23/h3-4,7-8,13,15,17,20,22H,2,5-6,9-12,14,16H2,1H3/t20-,22+/m0/s1. The summed E-state index contributed by atoms with van der Waals surface area (Å²) in [6, 6.07) is 3.62. The van der Waals surface area contributed by atoms with Gasteiger partial charge in [0.2, 0.25) is 5.91 Å². The number of ether oxygens (including phenoxy) is 1. The van der Waals surface area contributed by atoms with Gasteiger partial charge in [0, 0.05) is 50.8 Å². The van der Waals surface area contributed by atoms with Crippen LogP contribution >= 0.6 is 0 Å². The van der Waals surface area contributed by atoms with Gasteiger partial charge in [-0.25, -0.2) is 4.98 Å². The van der Waals surface area contributed by atoms with E-state index in [0.29, 0.717) is 63.6 Å². The first-order valence-electron chi connectivity index (χ1n) is 12.7. The molecule has 37 heavy (non-hydrogen) atoms. The summed E-state index contributed by atoms with van der Waals surface area (Å²) < 4.78 is 45.6. The Hall–Kier alpha value is -3.37. The van der Waals surface area contributed by atoms with Gasteiger partial charge in [-0.05, 0) is 49.9 Å². The SMILES string of the molecule is CCOC(=O)C1CCN(C(=O)[C@H]2Cc3cc(C(F)(F)F)ccc3N3CCN(c4cnccn4)C[C@H]23)CC1. The van der Waals surface area contributed by atoms with E-state index in [0.717, 1.165) is 11.8 Å². The molecule has 0 saturated carbocycles. The molecule has 8 nitrogen and oxygen atoms in total. The normalized spacial score (nSPS) is 22.3. The summed E-state index contributed by atoms with van der Waals surface area (Å²) in [7, 11) is 0. The molecule has 0 aliphatic carbocycles. The molecule has 0 bridgehead atoms. The van der Waals surface area contributed by atoms with Crippen molar-refractivity contribution in [1.29, 1.82) is 0 Å². The fourth-order valence-corrected chi connectivity index (χ4v) is 5.78. The van der Waals surface area contributed by atoms with Crippen LogP contribution in [0.3, 0.4) is 0 Å². The molecular formula is C26H30F3N5O3. The Bertz CT molecular complexity index is 1140. The minimum Gasteiger partial charge on any atom is -0.466 e. The number of benzene rings is 1. The predicted molar refractivity (Wildman–Crippen MR) is 130 cm³/mol. The minimum atomic E-state index is -4.45. The zero-order chi connectivity index (χ0) is 26.2. The van der Waals surface area contributed by atoms with Gasteiger partial charge in [-0.3, -0.25) is 14.6 Å². The molecule has 1 amide bonds. The molecule has 198 valence electrons. The van der Waals surface area contributed by atoms with E-state index >= 15 is 0 Å². The minimum absolute atomic E-state index is 0.0821. The number of nitrogens with zero attached hydrogens (tertiary/aromatic N) is 5. The fourth-order valence-electron chi connectivity index (χ4n) is 5.78. The lowest BCUT2D eigenvalue weighted by atomic mass is 9.82. The number of fused-ring (bicyclic) bond motifs is 3. The summed E-state index contributed by atoms with van der Waals surface area (Å²) in [4.78, 5) is 40.5. The van der Waals surface area contributed by atoms with E-state index < -0.39 is 17.7 Å². The number of amides is 1. The lowest BCUT2D eigenvalue weighted by Crippen LogP contribution is -2.62. The molecule has 0 radical (unpaired) electrons. The van der Waals surface area contributed by atoms with E-state index in [1.165, 1.54) is 12.1 Å². The Labute approximate surface area is 213 Å². The average Bonchev–Trinajstić information content (AvgIpc) is 2.91. The highest BCUT2D eigenvalue weighted by atomic mass is 19.4. The van der Waals surface area contributed by atoms with Crippen molar-refractivity contribution in [2.75, 3.05) is 49.1 Å². The quantitative estimate of drug-likeness (QED) is 0.577. The molecular weight excluding hydrogens is 487 g/mol. The highest BCUT2D eigenvalue weighted by molar-refractivity contribution is 5.83. The molecule has 0 N–H and O–H groups in total. The number of esters is 1. The third-order valence-electron chi connectivity index (χ3n) is 7.66. The largest absolute Gasteiger partial charge is 0.466 e. The Morgan fingerprint density at radius 3 is 2.57 bits per heavy atom. The molecule has 5 rings (SSSR count). The molecule has 2 saturated heterocycles. The highest BCUT2D eigenvalue weighted by Crippen LogP contribution is 2.41. The maximum Gasteiger partial charge on any atom is 0.416 e. The van der Waals surface area contributed by atoms with E-state index in [1.54, 1.807) is 30.4 Å². The summed E-state index contributed by atoms with van der Waals surface area (Å²) in [6.07, 6.45) is 1.71. The summed E-state index contributed by atoms with van der Waals surface area (Å²) in [5.74, 6) is -0.361. The maximum absolute atomic E-state index is 13.9. The number of hydrogen-bond acceptors (Lipinski definition) is 7. The van der Waals surface area contributed by atoms with Crippen molar-refractivity contribution in [2.24, 2.45) is 11.8 Å². The van der Waals surface area contributed by atoms with Gasteiger partial charge in [-0.15, -0.1) is 0 Å². The Morgan fingerprint density at radius 1 is 1.11 bits per heavy atom. The number of piperidine rings is 1. The summed E-state index contributed by atoms with van der Waals surface area (Å²) in [6.45, 7) is 4.61. The van der Waals surface area contributed by atoms with Crippen molar-refractivity contribution in [3.63, 3.8) is 0 Å². The number of carbonyl (C=O) groups excluding carboxylic acids is 2. The van der Waals surface area contributed by atoms with Crippen molar-refractivity contribution >= 4 is 23.4 Å². The van der Waals surface area contributed by atoms with Crippen LogP contribution in [0.2, 0.25) is 0 Å². The molecule has 0 unspecified atom stereocenters. The Balaban J connectivity index is 1.41. The van der Waals surface area contributed by atoms with Gasteiger partial charge in [0.25, 0.3) is 0 Å². The lowest BCUT2D eigenvalue weighted by Gasteiger charge is -2.50. The number of carbonyl (C=O) groups is 2. The van der Waals surface area contributed by atoms with Crippen molar-refractivity contribution < 1.29 is 27.5 Å². The highest BCUT2D eigenvalue weighted by Gasteiger charge is 2.45. The molecule has 0 spiro atoms. The van der Waals surface area contributed by atoms with Crippen LogP contribution in [0.25, 0.3) is 0 Å². The molecule has 11 heteroatoms. The van der Waals surface area contributed by atoms with Gasteiger partial charge in [0.15, 0.2) is 0 Å². The third kappa shape index (κ3) is 5.08. The maximum atomic E-state index is 13.9. The van der Waals surface area contributed by atoms with Gasteiger partial charge < -0.3 is 19.4 Å². The summed E-state index contributed by atoms with van der Waals surface area (Å²) in [5, 5.41) is 0. The Morgan fingerprint density at radius 2 is 1.89 bits per heavy atom. The van der Waals surface area contributed by atoms with Gasteiger partial charge in [-0.2, -0.15) is 13.2 Å². The van der Waals surface area contributed by atoms with Crippen LogP contribution in [-0.4, -0.2) is 72.1 Å². The van der Waals surface area contributed by atoms with Gasteiger partial charge >= 0.3 is 12.1 Å². The second kappa shape index (κ2) is 10.2. The van der Waals surface area contributed by atoms with E-state index in [2.05, 4.69) is 19.8 Å². The van der Waals surface area contributed by atoms with E-state index in [-0.39, 0.29) is 30.3 Å². The molecule has 1 aromatic carbocycles. The monoisotopic (exact) mass is 517 g/mol. The number of piperazine rings is 1. The van der Waals surface area contributed by atoms with Crippen LogP contribution in [0, 0.1) is 11.8 Å². The topological polar surface area (TPSA) is 78.9 Å². The number of anilines is 2. The van der Waals surface area contributed by atoms with Crippen molar-refractivity contribution in [2.45, 2.75) is 38.4 Å². The lowest BCUT2D eigenvalue weighted by molar-refractivity contribution is -0.152. The number of rotatable bonds is 4. The molecule has 3 aliphatic heterocycles. The molecule has 2 aromatic rings. The average molecular weight is 518 g/mol.